The highest BCUT2D eigenvalue weighted by Crippen LogP contribution is 2.16. The molecule has 2 rings (SSSR count). The lowest BCUT2D eigenvalue weighted by Gasteiger charge is -2.31. The van der Waals surface area contributed by atoms with E-state index in [9.17, 15) is 9.59 Å². The molecule has 1 aromatic rings. The van der Waals surface area contributed by atoms with Gasteiger partial charge in [0, 0.05) is 38.3 Å². The molecule has 1 aliphatic heterocycles. The fraction of sp³-hybridized carbons (Fsp3) is 0.688. The van der Waals surface area contributed by atoms with Crippen LogP contribution in [0.25, 0.3) is 0 Å². The molecule has 1 atom stereocenters. The summed E-state index contributed by atoms with van der Waals surface area (Å²) in [5, 5.41) is 7.34. The van der Waals surface area contributed by atoms with Gasteiger partial charge in [-0.25, -0.2) is 0 Å². The highest BCUT2D eigenvalue weighted by atomic mass is 16.2. The molecule has 1 N–H and O–H groups in total. The second-order valence-electron chi connectivity index (χ2n) is 6.09. The molecule has 1 aromatic heterocycles. The Kier molecular flexibility index (Phi) is 5.57. The van der Waals surface area contributed by atoms with Gasteiger partial charge >= 0.3 is 0 Å². The number of likely N-dealkylation sites (tertiary alicyclic amines) is 1. The zero-order valence-corrected chi connectivity index (χ0v) is 13.7. The Balaban J connectivity index is 1.91. The zero-order chi connectivity index (χ0) is 16.1. The van der Waals surface area contributed by atoms with Gasteiger partial charge in [-0.05, 0) is 32.3 Å². The van der Waals surface area contributed by atoms with Crippen LogP contribution in [0.1, 0.15) is 63.0 Å². The van der Waals surface area contributed by atoms with Crippen LogP contribution >= 0.6 is 0 Å². The minimum Gasteiger partial charge on any atom is -0.353 e. The smallest absolute Gasteiger partial charge is 0.274 e. The van der Waals surface area contributed by atoms with Gasteiger partial charge < -0.3 is 10.2 Å². The van der Waals surface area contributed by atoms with Gasteiger partial charge in [0.15, 0.2) is 0 Å². The average Bonchev–Trinajstić information content (AvgIpc) is 2.97. The Morgan fingerprint density at radius 1 is 1.41 bits per heavy atom. The standard InChI is InChI=1S/C16H26N4O2/c1-4-5-12(2)20-11-8-15(18-20)16(22)19-9-6-14(7-10-19)17-13(3)21/h8,11-12,14H,4-7,9-10H2,1-3H3,(H,17,21). The van der Waals surface area contributed by atoms with E-state index in [0.717, 1.165) is 25.7 Å². The van der Waals surface area contributed by atoms with Crippen LogP contribution in [0.4, 0.5) is 0 Å². The van der Waals surface area contributed by atoms with Crippen LogP contribution in [0.2, 0.25) is 0 Å². The number of amides is 2. The van der Waals surface area contributed by atoms with Crippen molar-refractivity contribution in [1.29, 1.82) is 0 Å². The van der Waals surface area contributed by atoms with E-state index < -0.39 is 0 Å². The van der Waals surface area contributed by atoms with Crippen molar-refractivity contribution in [2.45, 2.75) is 58.5 Å². The maximum atomic E-state index is 12.5. The third-order valence-electron chi connectivity index (χ3n) is 4.18. The van der Waals surface area contributed by atoms with Gasteiger partial charge in [-0.1, -0.05) is 13.3 Å². The van der Waals surface area contributed by atoms with Crippen molar-refractivity contribution in [3.63, 3.8) is 0 Å². The maximum absolute atomic E-state index is 12.5. The predicted octanol–water partition coefficient (Wildman–Crippen LogP) is 1.98. The summed E-state index contributed by atoms with van der Waals surface area (Å²) >= 11 is 0. The molecule has 22 heavy (non-hydrogen) atoms. The molecule has 1 saturated heterocycles. The Labute approximate surface area is 131 Å². The molecule has 6 nitrogen and oxygen atoms in total. The summed E-state index contributed by atoms with van der Waals surface area (Å²) in [6.45, 7) is 7.12. The van der Waals surface area contributed by atoms with Crippen molar-refractivity contribution >= 4 is 11.8 Å². The van der Waals surface area contributed by atoms with Gasteiger partial charge in [0.05, 0.1) is 0 Å². The molecule has 0 aliphatic carbocycles. The minimum atomic E-state index is -0.0104. The number of nitrogens with one attached hydrogen (secondary N) is 1. The fourth-order valence-corrected chi connectivity index (χ4v) is 2.92. The first kappa shape index (κ1) is 16.5. The number of nitrogens with zero attached hydrogens (tertiary/aromatic N) is 3. The van der Waals surface area contributed by atoms with Crippen molar-refractivity contribution in [1.82, 2.24) is 20.0 Å². The van der Waals surface area contributed by atoms with Crippen LogP contribution in [0, 0.1) is 0 Å². The summed E-state index contributed by atoms with van der Waals surface area (Å²) < 4.78 is 1.88. The van der Waals surface area contributed by atoms with Crippen LogP contribution in [0.15, 0.2) is 12.3 Å². The second-order valence-corrected chi connectivity index (χ2v) is 6.09. The molecule has 1 aliphatic rings. The quantitative estimate of drug-likeness (QED) is 0.904. The summed E-state index contributed by atoms with van der Waals surface area (Å²) in [5.41, 5.74) is 0.515. The third kappa shape index (κ3) is 4.08. The van der Waals surface area contributed by atoms with E-state index in [0.29, 0.717) is 24.8 Å². The van der Waals surface area contributed by atoms with E-state index in [1.165, 1.54) is 6.92 Å². The lowest BCUT2D eigenvalue weighted by Crippen LogP contribution is -2.46. The highest BCUT2D eigenvalue weighted by Gasteiger charge is 2.25. The molecule has 1 fully saturated rings. The number of carbonyl (C=O) groups is 2. The van der Waals surface area contributed by atoms with E-state index in [1.807, 2.05) is 15.8 Å². The molecule has 1 unspecified atom stereocenters. The van der Waals surface area contributed by atoms with E-state index in [2.05, 4.69) is 24.3 Å². The van der Waals surface area contributed by atoms with Crippen LogP contribution in [0.5, 0.6) is 0 Å². The first-order valence-electron chi connectivity index (χ1n) is 8.12. The summed E-state index contributed by atoms with van der Waals surface area (Å²) in [6, 6.07) is 2.30. The monoisotopic (exact) mass is 306 g/mol. The number of hydrogen-bond acceptors (Lipinski definition) is 3. The Morgan fingerprint density at radius 3 is 2.68 bits per heavy atom. The zero-order valence-electron chi connectivity index (χ0n) is 13.7. The predicted molar refractivity (Wildman–Crippen MR) is 84.6 cm³/mol. The summed E-state index contributed by atoms with van der Waals surface area (Å²) in [7, 11) is 0. The molecule has 0 spiro atoms. The molecule has 0 aromatic carbocycles. The number of rotatable bonds is 5. The molecule has 0 radical (unpaired) electrons. The highest BCUT2D eigenvalue weighted by molar-refractivity contribution is 5.92. The van der Waals surface area contributed by atoms with Crippen molar-refractivity contribution in [2.75, 3.05) is 13.1 Å². The van der Waals surface area contributed by atoms with Crippen LogP contribution in [-0.4, -0.2) is 45.6 Å². The Hall–Kier alpha value is -1.85. The first-order valence-corrected chi connectivity index (χ1v) is 8.12. The van der Waals surface area contributed by atoms with Crippen molar-refractivity contribution < 1.29 is 9.59 Å². The summed E-state index contributed by atoms with van der Waals surface area (Å²) in [4.78, 5) is 25.4. The molecule has 2 heterocycles. The van der Waals surface area contributed by atoms with Gasteiger partial charge in [-0.15, -0.1) is 0 Å². The molecule has 122 valence electrons. The van der Waals surface area contributed by atoms with E-state index in [-0.39, 0.29) is 17.9 Å². The fourth-order valence-electron chi connectivity index (χ4n) is 2.92. The van der Waals surface area contributed by atoms with Gasteiger partial charge in [-0.3, -0.25) is 14.3 Å². The van der Waals surface area contributed by atoms with Crippen LogP contribution in [0.3, 0.4) is 0 Å². The van der Waals surface area contributed by atoms with Crippen LogP contribution in [-0.2, 0) is 4.79 Å². The largest absolute Gasteiger partial charge is 0.353 e. The van der Waals surface area contributed by atoms with Crippen LogP contribution < -0.4 is 5.32 Å². The van der Waals surface area contributed by atoms with Gasteiger partial charge in [0.2, 0.25) is 5.91 Å². The molecule has 2 amide bonds. The average molecular weight is 306 g/mol. The van der Waals surface area contributed by atoms with Crippen molar-refractivity contribution in [3.8, 4) is 0 Å². The third-order valence-corrected chi connectivity index (χ3v) is 4.18. The Morgan fingerprint density at radius 2 is 2.09 bits per heavy atom. The van der Waals surface area contributed by atoms with E-state index in [1.54, 1.807) is 6.07 Å². The lowest BCUT2D eigenvalue weighted by molar-refractivity contribution is -0.119. The normalized spacial score (nSPS) is 17.3. The number of aromatic nitrogens is 2. The van der Waals surface area contributed by atoms with Crippen molar-refractivity contribution in [2.24, 2.45) is 0 Å². The molecule has 0 bridgehead atoms. The molecule has 6 heteroatoms. The lowest BCUT2D eigenvalue weighted by atomic mass is 10.0. The van der Waals surface area contributed by atoms with E-state index in [4.69, 9.17) is 0 Å². The van der Waals surface area contributed by atoms with Crippen molar-refractivity contribution in [3.05, 3.63) is 18.0 Å². The topological polar surface area (TPSA) is 67.2 Å². The van der Waals surface area contributed by atoms with Gasteiger partial charge in [-0.2, -0.15) is 5.10 Å². The SMILES string of the molecule is CCCC(C)n1ccc(C(=O)N2CCC(NC(C)=O)CC2)n1. The Bertz CT molecular complexity index is 518. The second kappa shape index (κ2) is 7.42. The number of piperidine rings is 1. The molecular formula is C16H26N4O2. The summed E-state index contributed by atoms with van der Waals surface area (Å²) in [6.07, 6.45) is 5.65. The maximum Gasteiger partial charge on any atom is 0.274 e. The first-order chi connectivity index (χ1) is 10.5. The summed E-state index contributed by atoms with van der Waals surface area (Å²) in [5.74, 6) is -0.0165. The van der Waals surface area contributed by atoms with Gasteiger partial charge in [0.25, 0.3) is 5.91 Å². The number of carbonyl (C=O) groups excluding carboxylic acids is 2. The van der Waals surface area contributed by atoms with Gasteiger partial charge in [0.1, 0.15) is 5.69 Å². The van der Waals surface area contributed by atoms with E-state index >= 15 is 0 Å². The molecule has 0 saturated carbocycles. The minimum absolute atomic E-state index is 0.00608. The molecular weight excluding hydrogens is 280 g/mol. The number of hydrogen-bond donors (Lipinski definition) is 1.